The summed E-state index contributed by atoms with van der Waals surface area (Å²) in [5.41, 5.74) is 0. The fourth-order valence-corrected chi connectivity index (χ4v) is 5.09. The lowest BCUT2D eigenvalue weighted by Crippen LogP contribution is -2.26. The third-order valence-electron chi connectivity index (χ3n) is 6.31. The Morgan fingerprint density at radius 2 is 1.07 bits per heavy atom. The van der Waals surface area contributed by atoms with Crippen molar-refractivity contribution in [2.45, 2.75) is 149 Å². The van der Waals surface area contributed by atoms with Crippen LogP contribution in [0.15, 0.2) is 0 Å². The van der Waals surface area contributed by atoms with Gasteiger partial charge in [-0.2, -0.15) is 0 Å². The van der Waals surface area contributed by atoms with Crippen molar-refractivity contribution in [1.82, 2.24) is 5.32 Å². The van der Waals surface area contributed by atoms with E-state index in [0.29, 0.717) is 0 Å². The highest BCUT2D eigenvalue weighted by molar-refractivity contribution is 8.22. The third kappa shape index (κ3) is 22.9. The standard InChI is InChI=1S/C27H55NS2/c1-4-7-9-10-11-12-13-14-15-16-17-18-19-20-21-22-24-30-27(29)28-25-26(6-3)23-8-5-2/h26H,4-25H2,1-3H3,(H,28,29). The second kappa shape index (κ2) is 25.5. The molecule has 1 atom stereocenters. The van der Waals surface area contributed by atoms with E-state index in [9.17, 15) is 0 Å². The van der Waals surface area contributed by atoms with Gasteiger partial charge in [0.1, 0.15) is 4.32 Å². The van der Waals surface area contributed by atoms with Crippen LogP contribution in [0.25, 0.3) is 0 Å². The van der Waals surface area contributed by atoms with E-state index in [4.69, 9.17) is 12.2 Å². The number of thioether (sulfide) groups is 1. The van der Waals surface area contributed by atoms with Gasteiger partial charge in [0.25, 0.3) is 0 Å². The van der Waals surface area contributed by atoms with Crippen LogP contribution in [0.5, 0.6) is 0 Å². The molecule has 0 aliphatic heterocycles. The number of hydrogen-bond acceptors (Lipinski definition) is 2. The summed E-state index contributed by atoms with van der Waals surface area (Å²) in [5, 5.41) is 3.49. The summed E-state index contributed by atoms with van der Waals surface area (Å²) < 4.78 is 1.02. The lowest BCUT2D eigenvalue weighted by molar-refractivity contribution is 0.447. The Morgan fingerprint density at radius 1 is 0.633 bits per heavy atom. The summed E-state index contributed by atoms with van der Waals surface area (Å²) in [6.07, 6.45) is 28.2. The van der Waals surface area contributed by atoms with Gasteiger partial charge in [0.05, 0.1) is 0 Å². The Hall–Kier alpha value is 0.240. The average molecular weight is 458 g/mol. The predicted octanol–water partition coefficient (Wildman–Crippen LogP) is 10.1. The molecule has 0 aliphatic carbocycles. The maximum Gasteiger partial charge on any atom is 0.133 e. The molecule has 1 unspecified atom stereocenters. The summed E-state index contributed by atoms with van der Waals surface area (Å²) in [6, 6.07) is 0. The van der Waals surface area contributed by atoms with Crippen LogP contribution in [0.1, 0.15) is 149 Å². The first-order valence-corrected chi connectivity index (χ1v) is 15.0. The van der Waals surface area contributed by atoms with Crippen molar-refractivity contribution in [3.8, 4) is 0 Å². The minimum atomic E-state index is 0.791. The number of nitrogens with one attached hydrogen (secondary N) is 1. The van der Waals surface area contributed by atoms with Crippen LogP contribution in [-0.2, 0) is 0 Å². The van der Waals surface area contributed by atoms with Gasteiger partial charge in [-0.15, -0.1) is 0 Å². The molecular weight excluding hydrogens is 402 g/mol. The van der Waals surface area contributed by atoms with Crippen LogP contribution in [0.4, 0.5) is 0 Å². The van der Waals surface area contributed by atoms with Crippen LogP contribution in [0.2, 0.25) is 0 Å². The molecule has 1 N–H and O–H groups in total. The van der Waals surface area contributed by atoms with Crippen molar-refractivity contribution in [2.24, 2.45) is 5.92 Å². The number of rotatable bonds is 23. The second-order valence-corrected chi connectivity index (χ2v) is 11.0. The van der Waals surface area contributed by atoms with Gasteiger partial charge in [-0.05, 0) is 18.8 Å². The lowest BCUT2D eigenvalue weighted by atomic mass is 10.00. The Morgan fingerprint density at radius 3 is 1.50 bits per heavy atom. The van der Waals surface area contributed by atoms with Crippen molar-refractivity contribution < 1.29 is 0 Å². The minimum Gasteiger partial charge on any atom is -0.371 e. The Labute approximate surface area is 200 Å². The van der Waals surface area contributed by atoms with Gasteiger partial charge in [-0.25, -0.2) is 0 Å². The zero-order valence-corrected chi connectivity index (χ0v) is 22.6. The topological polar surface area (TPSA) is 12.0 Å². The molecule has 0 saturated carbocycles. The molecule has 30 heavy (non-hydrogen) atoms. The fourth-order valence-electron chi connectivity index (χ4n) is 4.04. The lowest BCUT2D eigenvalue weighted by Gasteiger charge is -2.16. The quantitative estimate of drug-likeness (QED) is 0.121. The van der Waals surface area contributed by atoms with Crippen LogP contribution in [-0.4, -0.2) is 16.6 Å². The summed E-state index contributed by atoms with van der Waals surface area (Å²) in [7, 11) is 0. The van der Waals surface area contributed by atoms with E-state index in [2.05, 4.69) is 26.1 Å². The highest BCUT2D eigenvalue weighted by Gasteiger charge is 2.06. The summed E-state index contributed by atoms with van der Waals surface area (Å²) in [4.78, 5) is 0. The van der Waals surface area contributed by atoms with E-state index in [1.807, 2.05) is 11.8 Å². The molecule has 0 aliphatic rings. The van der Waals surface area contributed by atoms with E-state index in [1.165, 1.54) is 134 Å². The monoisotopic (exact) mass is 457 g/mol. The third-order valence-corrected chi connectivity index (χ3v) is 7.71. The average Bonchev–Trinajstić information content (AvgIpc) is 2.76. The Bertz CT molecular complexity index is 346. The maximum atomic E-state index is 5.49. The Kier molecular flexibility index (Phi) is 25.7. The normalized spacial score (nSPS) is 12.2. The first-order chi connectivity index (χ1) is 14.7. The van der Waals surface area contributed by atoms with Gasteiger partial charge >= 0.3 is 0 Å². The van der Waals surface area contributed by atoms with E-state index < -0.39 is 0 Å². The van der Waals surface area contributed by atoms with Crippen LogP contribution in [0, 0.1) is 5.92 Å². The molecule has 0 aromatic heterocycles. The number of hydrogen-bond donors (Lipinski definition) is 1. The fraction of sp³-hybridized carbons (Fsp3) is 0.963. The van der Waals surface area contributed by atoms with Gasteiger partial charge in [0.2, 0.25) is 0 Å². The smallest absolute Gasteiger partial charge is 0.133 e. The first kappa shape index (κ1) is 30.2. The molecule has 0 bridgehead atoms. The second-order valence-electron chi connectivity index (χ2n) is 9.24. The summed E-state index contributed by atoms with van der Waals surface area (Å²) in [6.45, 7) is 7.94. The number of thiocarbonyl (C=S) groups is 1. The van der Waals surface area contributed by atoms with Gasteiger partial charge in [-0.3, -0.25) is 0 Å². The molecule has 0 amide bonds. The molecule has 0 radical (unpaired) electrons. The van der Waals surface area contributed by atoms with E-state index in [1.54, 1.807) is 0 Å². The van der Waals surface area contributed by atoms with Crippen LogP contribution >= 0.6 is 24.0 Å². The van der Waals surface area contributed by atoms with E-state index in [0.717, 1.165) is 16.8 Å². The zero-order chi connectivity index (χ0) is 22.1. The predicted molar refractivity (Wildman–Crippen MR) is 146 cm³/mol. The molecular formula is C27H55NS2. The molecule has 0 fully saturated rings. The molecule has 180 valence electrons. The SMILES string of the molecule is CCCCCCCCCCCCCCCCCCSC(=S)NCC(CC)CCCC. The van der Waals surface area contributed by atoms with Crippen molar-refractivity contribution in [1.29, 1.82) is 0 Å². The van der Waals surface area contributed by atoms with Crippen molar-refractivity contribution >= 4 is 28.3 Å². The first-order valence-electron chi connectivity index (χ1n) is 13.6. The molecule has 3 heteroatoms. The van der Waals surface area contributed by atoms with E-state index in [-0.39, 0.29) is 0 Å². The van der Waals surface area contributed by atoms with Gasteiger partial charge in [-0.1, -0.05) is 160 Å². The van der Waals surface area contributed by atoms with Crippen molar-refractivity contribution in [2.75, 3.05) is 12.3 Å². The zero-order valence-electron chi connectivity index (χ0n) is 21.0. The molecule has 0 heterocycles. The summed E-state index contributed by atoms with van der Waals surface area (Å²) in [5.74, 6) is 1.98. The maximum absolute atomic E-state index is 5.49. The number of unbranched alkanes of at least 4 members (excludes halogenated alkanes) is 16. The van der Waals surface area contributed by atoms with Crippen molar-refractivity contribution in [3.05, 3.63) is 0 Å². The minimum absolute atomic E-state index is 0.791. The van der Waals surface area contributed by atoms with Crippen LogP contribution in [0.3, 0.4) is 0 Å². The van der Waals surface area contributed by atoms with Gasteiger partial charge in [0.15, 0.2) is 0 Å². The molecule has 0 aromatic rings. The van der Waals surface area contributed by atoms with E-state index >= 15 is 0 Å². The molecule has 0 aromatic carbocycles. The molecule has 0 spiro atoms. The Balaban J connectivity index is 3.24. The highest BCUT2D eigenvalue weighted by atomic mass is 32.2. The van der Waals surface area contributed by atoms with Crippen LogP contribution < -0.4 is 5.32 Å². The molecule has 0 saturated heterocycles. The highest BCUT2D eigenvalue weighted by Crippen LogP contribution is 2.15. The largest absolute Gasteiger partial charge is 0.371 e. The molecule has 1 nitrogen and oxygen atoms in total. The summed E-state index contributed by atoms with van der Waals surface area (Å²) >= 11 is 7.35. The van der Waals surface area contributed by atoms with Gasteiger partial charge in [0, 0.05) is 12.3 Å². The van der Waals surface area contributed by atoms with Crippen molar-refractivity contribution in [3.63, 3.8) is 0 Å². The molecule has 0 rings (SSSR count). The van der Waals surface area contributed by atoms with Gasteiger partial charge < -0.3 is 5.32 Å².